The van der Waals surface area contributed by atoms with E-state index in [-0.39, 0.29) is 11.6 Å². The molecule has 6 nitrogen and oxygen atoms in total. The second kappa shape index (κ2) is 7.10. The molecule has 0 fully saturated rings. The SMILES string of the molecule is Cn1c(-c2cccc(F)c2)nc2c(N)nc(C=CC(C)(O)c3ccccc3)nc21. The molecule has 146 valence electrons. The van der Waals surface area contributed by atoms with Crippen molar-refractivity contribution in [2.75, 3.05) is 5.73 Å². The number of hydrogen-bond acceptors (Lipinski definition) is 5. The summed E-state index contributed by atoms with van der Waals surface area (Å²) in [6.07, 6.45) is 3.24. The van der Waals surface area contributed by atoms with Crippen LogP contribution < -0.4 is 5.73 Å². The third kappa shape index (κ3) is 3.60. The number of aromatic nitrogens is 4. The predicted octanol–water partition coefficient (Wildman–Crippen LogP) is 3.67. The minimum absolute atomic E-state index is 0.215. The van der Waals surface area contributed by atoms with Crippen LogP contribution >= 0.6 is 0 Å². The normalized spacial score (nSPS) is 13.8. The molecule has 2 aromatic carbocycles. The van der Waals surface area contributed by atoms with Gasteiger partial charge < -0.3 is 15.4 Å². The maximum Gasteiger partial charge on any atom is 0.166 e. The average molecular weight is 389 g/mol. The fourth-order valence-corrected chi connectivity index (χ4v) is 3.17. The van der Waals surface area contributed by atoms with E-state index in [0.717, 1.165) is 5.56 Å². The molecule has 0 spiro atoms. The van der Waals surface area contributed by atoms with Crippen LogP contribution in [0.25, 0.3) is 28.6 Å². The number of nitrogen functional groups attached to an aromatic ring is 1. The summed E-state index contributed by atoms with van der Waals surface area (Å²) in [6.45, 7) is 1.69. The Hall–Kier alpha value is -3.58. The standard InChI is InChI=1S/C22H20FN5O/c1-22(29,15-8-4-3-5-9-15)12-11-17-25-19(24)18-21(26-17)28(2)20(27-18)14-7-6-10-16(23)13-14/h3-13,29H,1-2H3,(H2,24,25,26). The van der Waals surface area contributed by atoms with Gasteiger partial charge in [0.2, 0.25) is 0 Å². The van der Waals surface area contributed by atoms with E-state index in [9.17, 15) is 9.50 Å². The molecule has 0 aliphatic carbocycles. The van der Waals surface area contributed by atoms with Crippen LogP contribution in [0.4, 0.5) is 10.2 Å². The highest BCUT2D eigenvalue weighted by molar-refractivity contribution is 5.86. The molecule has 0 bridgehead atoms. The molecule has 0 saturated carbocycles. The molecule has 1 unspecified atom stereocenters. The predicted molar refractivity (Wildman–Crippen MR) is 111 cm³/mol. The molecule has 0 saturated heterocycles. The highest BCUT2D eigenvalue weighted by Crippen LogP contribution is 2.27. The maximum absolute atomic E-state index is 13.6. The Morgan fingerprint density at radius 2 is 1.83 bits per heavy atom. The number of hydrogen-bond donors (Lipinski definition) is 2. The molecule has 0 radical (unpaired) electrons. The molecule has 2 aromatic heterocycles. The van der Waals surface area contributed by atoms with Crippen molar-refractivity contribution in [2.24, 2.45) is 7.05 Å². The number of aliphatic hydroxyl groups is 1. The van der Waals surface area contributed by atoms with E-state index in [1.54, 1.807) is 42.8 Å². The van der Waals surface area contributed by atoms with Gasteiger partial charge in [-0.1, -0.05) is 42.5 Å². The summed E-state index contributed by atoms with van der Waals surface area (Å²) in [4.78, 5) is 13.3. The number of fused-ring (bicyclic) bond motifs is 1. The number of halogens is 1. The fraction of sp³-hybridized carbons (Fsp3) is 0.136. The number of benzene rings is 2. The number of rotatable bonds is 4. The molecular formula is C22H20FN5O. The van der Waals surface area contributed by atoms with Crippen molar-refractivity contribution in [2.45, 2.75) is 12.5 Å². The Bertz CT molecular complexity index is 1210. The third-order valence-electron chi connectivity index (χ3n) is 4.76. The van der Waals surface area contributed by atoms with E-state index in [1.807, 2.05) is 30.3 Å². The highest BCUT2D eigenvalue weighted by atomic mass is 19.1. The zero-order chi connectivity index (χ0) is 20.6. The first-order valence-electron chi connectivity index (χ1n) is 9.08. The van der Waals surface area contributed by atoms with Crippen molar-refractivity contribution < 1.29 is 9.50 Å². The van der Waals surface area contributed by atoms with Crippen LogP contribution in [0.3, 0.4) is 0 Å². The van der Waals surface area contributed by atoms with Gasteiger partial charge in [-0.2, -0.15) is 0 Å². The van der Waals surface area contributed by atoms with Gasteiger partial charge >= 0.3 is 0 Å². The van der Waals surface area contributed by atoms with Gasteiger partial charge in [0.25, 0.3) is 0 Å². The van der Waals surface area contributed by atoms with Crippen LogP contribution in [-0.2, 0) is 12.6 Å². The Morgan fingerprint density at radius 3 is 2.55 bits per heavy atom. The molecular weight excluding hydrogens is 369 g/mol. The van der Waals surface area contributed by atoms with Gasteiger partial charge in [0.1, 0.15) is 17.2 Å². The molecule has 0 aliphatic heterocycles. The summed E-state index contributed by atoms with van der Waals surface area (Å²) >= 11 is 0. The molecule has 2 heterocycles. The molecule has 29 heavy (non-hydrogen) atoms. The molecule has 0 amide bonds. The van der Waals surface area contributed by atoms with Gasteiger partial charge in [-0.05, 0) is 36.8 Å². The Kier molecular flexibility index (Phi) is 4.60. The number of nitrogens with two attached hydrogens (primary N) is 1. The van der Waals surface area contributed by atoms with Gasteiger partial charge in [-0.15, -0.1) is 0 Å². The summed E-state index contributed by atoms with van der Waals surface area (Å²) in [5.41, 5.74) is 7.25. The van der Waals surface area contributed by atoms with Gasteiger partial charge in [-0.25, -0.2) is 19.3 Å². The number of nitrogens with zero attached hydrogens (tertiary/aromatic N) is 4. The Balaban J connectivity index is 1.75. The van der Waals surface area contributed by atoms with Gasteiger partial charge in [0.05, 0.1) is 0 Å². The van der Waals surface area contributed by atoms with E-state index >= 15 is 0 Å². The molecule has 3 N–H and O–H groups in total. The molecule has 4 rings (SSSR count). The lowest BCUT2D eigenvalue weighted by atomic mass is 9.96. The summed E-state index contributed by atoms with van der Waals surface area (Å²) < 4.78 is 15.4. The van der Waals surface area contributed by atoms with E-state index in [4.69, 9.17) is 5.73 Å². The lowest BCUT2D eigenvalue weighted by Crippen LogP contribution is -2.17. The first kappa shape index (κ1) is 18.8. The largest absolute Gasteiger partial charge is 0.382 e. The lowest BCUT2D eigenvalue weighted by Gasteiger charge is -2.19. The number of anilines is 1. The van der Waals surface area contributed by atoms with E-state index in [0.29, 0.717) is 28.4 Å². The lowest BCUT2D eigenvalue weighted by molar-refractivity contribution is 0.112. The van der Waals surface area contributed by atoms with E-state index < -0.39 is 5.60 Å². The quantitative estimate of drug-likeness (QED) is 0.556. The number of aryl methyl sites for hydroxylation is 1. The fourth-order valence-electron chi connectivity index (χ4n) is 3.17. The zero-order valence-corrected chi connectivity index (χ0v) is 16.0. The second-order valence-electron chi connectivity index (χ2n) is 6.99. The third-order valence-corrected chi connectivity index (χ3v) is 4.76. The van der Waals surface area contributed by atoms with Crippen molar-refractivity contribution in [1.82, 2.24) is 19.5 Å². The summed E-state index contributed by atoms with van der Waals surface area (Å²) in [6, 6.07) is 15.5. The van der Waals surface area contributed by atoms with Gasteiger partial charge in [-0.3, -0.25) is 0 Å². The second-order valence-corrected chi connectivity index (χ2v) is 6.99. The molecule has 1 atom stereocenters. The van der Waals surface area contributed by atoms with Crippen molar-refractivity contribution in [3.8, 4) is 11.4 Å². The van der Waals surface area contributed by atoms with Crippen LogP contribution in [0.1, 0.15) is 18.3 Å². The average Bonchev–Trinajstić information content (AvgIpc) is 3.05. The summed E-state index contributed by atoms with van der Waals surface area (Å²) in [5, 5.41) is 10.7. The smallest absolute Gasteiger partial charge is 0.166 e. The van der Waals surface area contributed by atoms with Crippen LogP contribution in [0, 0.1) is 5.82 Å². The molecule has 7 heteroatoms. The first-order chi connectivity index (χ1) is 13.8. The first-order valence-corrected chi connectivity index (χ1v) is 9.08. The van der Waals surface area contributed by atoms with E-state index in [2.05, 4.69) is 15.0 Å². The van der Waals surface area contributed by atoms with Crippen LogP contribution in [-0.4, -0.2) is 24.6 Å². The zero-order valence-electron chi connectivity index (χ0n) is 16.0. The van der Waals surface area contributed by atoms with E-state index in [1.165, 1.54) is 12.1 Å². The van der Waals surface area contributed by atoms with Crippen molar-refractivity contribution in [3.05, 3.63) is 77.9 Å². The molecule has 0 aliphatic rings. The van der Waals surface area contributed by atoms with Crippen LogP contribution in [0.2, 0.25) is 0 Å². The van der Waals surface area contributed by atoms with Crippen LogP contribution in [0.5, 0.6) is 0 Å². The summed E-state index contributed by atoms with van der Waals surface area (Å²) in [5.74, 6) is 0.755. The van der Waals surface area contributed by atoms with Crippen LogP contribution in [0.15, 0.2) is 60.7 Å². The van der Waals surface area contributed by atoms with Gasteiger partial charge in [0, 0.05) is 12.6 Å². The number of imidazole rings is 1. The van der Waals surface area contributed by atoms with Crippen molar-refractivity contribution >= 4 is 23.1 Å². The monoisotopic (exact) mass is 389 g/mol. The minimum atomic E-state index is -1.19. The maximum atomic E-state index is 13.6. The summed E-state index contributed by atoms with van der Waals surface area (Å²) in [7, 11) is 1.79. The molecule has 4 aromatic rings. The van der Waals surface area contributed by atoms with Crippen molar-refractivity contribution in [3.63, 3.8) is 0 Å². The van der Waals surface area contributed by atoms with Crippen molar-refractivity contribution in [1.29, 1.82) is 0 Å². The highest BCUT2D eigenvalue weighted by Gasteiger charge is 2.20. The minimum Gasteiger partial charge on any atom is -0.382 e. The van der Waals surface area contributed by atoms with Gasteiger partial charge in [0.15, 0.2) is 22.8 Å². The Morgan fingerprint density at radius 1 is 1.07 bits per heavy atom. The topological polar surface area (TPSA) is 89.9 Å². The Labute approximate surface area is 167 Å².